The van der Waals surface area contributed by atoms with E-state index < -0.39 is 35.1 Å². The van der Waals surface area contributed by atoms with E-state index in [0.29, 0.717) is 28.8 Å². The van der Waals surface area contributed by atoms with E-state index in [-0.39, 0.29) is 6.61 Å². The Balaban J connectivity index is 1.82. The highest BCUT2D eigenvalue weighted by Crippen LogP contribution is 2.31. The molecule has 0 aliphatic carbocycles. The summed E-state index contributed by atoms with van der Waals surface area (Å²) in [6.07, 6.45) is -3.78. The van der Waals surface area contributed by atoms with Crippen LogP contribution in [0.5, 0.6) is 5.75 Å². The van der Waals surface area contributed by atoms with Crippen LogP contribution in [0.3, 0.4) is 0 Å². The zero-order valence-electron chi connectivity index (χ0n) is 21.7. The van der Waals surface area contributed by atoms with Gasteiger partial charge in [0, 0.05) is 18.0 Å². The first-order valence-corrected chi connectivity index (χ1v) is 11.7. The normalized spacial score (nSPS) is 12.4. The number of alkyl halides is 3. The number of carbonyl (C=O) groups excluding carboxylic acids is 2. The van der Waals surface area contributed by atoms with Crippen molar-refractivity contribution in [2.24, 2.45) is 0 Å². The molecule has 0 aliphatic rings. The smallest absolute Gasteiger partial charge is 0.419 e. The summed E-state index contributed by atoms with van der Waals surface area (Å²) in [4.78, 5) is 25.2. The number of rotatable bonds is 5. The van der Waals surface area contributed by atoms with Crippen LogP contribution >= 0.6 is 0 Å². The predicted octanol–water partition coefficient (Wildman–Crippen LogP) is 7.41. The quantitative estimate of drug-likeness (QED) is 0.379. The van der Waals surface area contributed by atoms with Crippen LogP contribution in [-0.2, 0) is 22.1 Å². The van der Waals surface area contributed by atoms with Crippen LogP contribution in [0.25, 0.3) is 10.9 Å². The SMILES string of the molecule is CC(C)(C)OC(=O)Nc1cn(C(=O)OC(C)(C)C)c2ccc(CCOc3ccc(C(F)(F)F)cc3)cc12. The third kappa shape index (κ3) is 7.90. The van der Waals surface area contributed by atoms with E-state index in [1.165, 1.54) is 22.9 Å². The third-order valence-electron chi connectivity index (χ3n) is 4.94. The Morgan fingerprint density at radius 1 is 0.892 bits per heavy atom. The van der Waals surface area contributed by atoms with Crippen molar-refractivity contribution in [1.82, 2.24) is 4.57 Å². The highest BCUT2D eigenvalue weighted by Gasteiger charge is 2.30. The highest BCUT2D eigenvalue weighted by atomic mass is 19.4. The average Bonchev–Trinajstić information content (AvgIpc) is 3.09. The molecule has 7 nitrogen and oxygen atoms in total. The Hall–Kier alpha value is -3.69. The maximum atomic E-state index is 12.8. The lowest BCUT2D eigenvalue weighted by Crippen LogP contribution is -2.27. The molecular weight excluding hydrogens is 489 g/mol. The Bertz CT molecular complexity index is 1270. The van der Waals surface area contributed by atoms with Crippen molar-refractivity contribution in [1.29, 1.82) is 0 Å². The standard InChI is InChI=1S/C27H31F3N2O5/c1-25(2,3)36-23(33)31-21-16-32(24(34)37-26(4,5)6)22-12-7-17(15-20(21)22)13-14-35-19-10-8-18(9-11-19)27(28,29)30/h7-12,15-16H,13-14H2,1-6H3,(H,31,33). The van der Waals surface area contributed by atoms with Crippen LogP contribution in [0.2, 0.25) is 0 Å². The fourth-order valence-electron chi connectivity index (χ4n) is 3.43. The minimum Gasteiger partial charge on any atom is -0.493 e. The molecule has 10 heteroatoms. The number of benzene rings is 2. The number of aromatic nitrogens is 1. The van der Waals surface area contributed by atoms with E-state index >= 15 is 0 Å². The summed E-state index contributed by atoms with van der Waals surface area (Å²) >= 11 is 0. The predicted molar refractivity (Wildman–Crippen MR) is 134 cm³/mol. The number of amides is 1. The molecule has 0 unspecified atom stereocenters. The molecule has 0 saturated carbocycles. The molecule has 0 saturated heterocycles. The maximum Gasteiger partial charge on any atom is 0.419 e. The first kappa shape index (κ1) is 27.9. The number of nitrogens with one attached hydrogen (secondary N) is 1. The van der Waals surface area contributed by atoms with Gasteiger partial charge in [-0.3, -0.25) is 9.88 Å². The van der Waals surface area contributed by atoms with E-state index in [9.17, 15) is 22.8 Å². The summed E-state index contributed by atoms with van der Waals surface area (Å²) in [5, 5.41) is 3.28. The van der Waals surface area contributed by atoms with E-state index in [1.807, 2.05) is 0 Å². The van der Waals surface area contributed by atoms with Crippen LogP contribution in [0, 0.1) is 0 Å². The number of ether oxygens (including phenoxy) is 3. The summed E-state index contributed by atoms with van der Waals surface area (Å²) in [6.45, 7) is 10.7. The van der Waals surface area contributed by atoms with Crippen molar-refractivity contribution in [2.75, 3.05) is 11.9 Å². The van der Waals surface area contributed by atoms with Crippen LogP contribution in [0.15, 0.2) is 48.7 Å². The van der Waals surface area contributed by atoms with E-state index in [2.05, 4.69) is 5.32 Å². The lowest BCUT2D eigenvalue weighted by Gasteiger charge is -2.20. The minimum atomic E-state index is -4.41. The topological polar surface area (TPSA) is 78.8 Å². The monoisotopic (exact) mass is 520 g/mol. The van der Waals surface area contributed by atoms with Gasteiger partial charge >= 0.3 is 18.4 Å². The van der Waals surface area contributed by atoms with Crippen LogP contribution in [-0.4, -0.2) is 34.6 Å². The minimum absolute atomic E-state index is 0.207. The molecule has 3 rings (SSSR count). The molecule has 1 aromatic heterocycles. The second kappa shape index (κ2) is 10.4. The number of hydrogen-bond acceptors (Lipinski definition) is 5. The zero-order chi connectivity index (χ0) is 27.6. The molecule has 1 amide bonds. The molecule has 0 aliphatic heterocycles. The lowest BCUT2D eigenvalue weighted by atomic mass is 10.1. The van der Waals surface area contributed by atoms with Gasteiger partial charge in [0.15, 0.2) is 0 Å². The van der Waals surface area contributed by atoms with Gasteiger partial charge in [-0.1, -0.05) is 6.07 Å². The number of fused-ring (bicyclic) bond motifs is 1. The second-order valence-corrected chi connectivity index (χ2v) is 10.5. The Labute approximate surface area is 213 Å². The van der Waals surface area contributed by atoms with Gasteiger partial charge in [-0.15, -0.1) is 0 Å². The molecular formula is C27H31F3N2O5. The van der Waals surface area contributed by atoms with Crippen molar-refractivity contribution in [3.8, 4) is 5.75 Å². The van der Waals surface area contributed by atoms with Crippen LogP contribution in [0.4, 0.5) is 28.4 Å². The summed E-state index contributed by atoms with van der Waals surface area (Å²) in [7, 11) is 0. The lowest BCUT2D eigenvalue weighted by molar-refractivity contribution is -0.137. The van der Waals surface area contributed by atoms with Gasteiger partial charge in [-0.2, -0.15) is 13.2 Å². The molecule has 2 aromatic carbocycles. The van der Waals surface area contributed by atoms with E-state index in [1.54, 1.807) is 59.7 Å². The summed E-state index contributed by atoms with van der Waals surface area (Å²) in [6, 6.07) is 9.82. The third-order valence-corrected chi connectivity index (χ3v) is 4.94. The summed E-state index contributed by atoms with van der Waals surface area (Å²) in [5.41, 5.74) is -0.470. The molecule has 0 atom stereocenters. The van der Waals surface area contributed by atoms with E-state index in [0.717, 1.165) is 17.7 Å². The fraction of sp³-hybridized carbons (Fsp3) is 0.407. The van der Waals surface area contributed by atoms with Gasteiger partial charge in [0.2, 0.25) is 0 Å². The molecule has 200 valence electrons. The van der Waals surface area contributed by atoms with Gasteiger partial charge in [-0.05, 0) is 83.5 Å². The Morgan fingerprint density at radius 2 is 1.51 bits per heavy atom. The molecule has 0 spiro atoms. The Morgan fingerprint density at radius 3 is 2.08 bits per heavy atom. The zero-order valence-corrected chi connectivity index (χ0v) is 21.7. The molecule has 0 bridgehead atoms. The van der Waals surface area contributed by atoms with Gasteiger partial charge in [0.25, 0.3) is 0 Å². The first-order valence-electron chi connectivity index (χ1n) is 11.7. The first-order chi connectivity index (χ1) is 17.0. The van der Waals surface area contributed by atoms with Crippen molar-refractivity contribution in [3.05, 3.63) is 59.8 Å². The Kier molecular flexibility index (Phi) is 7.80. The number of halogens is 3. The van der Waals surface area contributed by atoms with Gasteiger partial charge in [0.05, 0.1) is 23.4 Å². The number of nitrogens with zero attached hydrogens (tertiary/aromatic N) is 1. The molecule has 3 aromatic rings. The highest BCUT2D eigenvalue weighted by molar-refractivity contribution is 6.03. The van der Waals surface area contributed by atoms with Crippen molar-refractivity contribution >= 4 is 28.8 Å². The number of anilines is 1. The fourth-order valence-corrected chi connectivity index (χ4v) is 3.43. The van der Waals surface area contributed by atoms with Gasteiger partial charge < -0.3 is 14.2 Å². The van der Waals surface area contributed by atoms with Gasteiger partial charge in [0.1, 0.15) is 17.0 Å². The summed E-state index contributed by atoms with van der Waals surface area (Å²) in [5.74, 6) is 0.317. The number of hydrogen-bond donors (Lipinski definition) is 1. The molecule has 1 N–H and O–H groups in total. The maximum absolute atomic E-state index is 12.8. The molecule has 0 fully saturated rings. The van der Waals surface area contributed by atoms with Crippen molar-refractivity contribution in [3.63, 3.8) is 0 Å². The van der Waals surface area contributed by atoms with Crippen molar-refractivity contribution in [2.45, 2.75) is 65.3 Å². The average molecular weight is 521 g/mol. The van der Waals surface area contributed by atoms with Crippen LogP contribution in [0.1, 0.15) is 52.7 Å². The van der Waals surface area contributed by atoms with E-state index in [4.69, 9.17) is 14.2 Å². The largest absolute Gasteiger partial charge is 0.493 e. The second-order valence-electron chi connectivity index (χ2n) is 10.5. The van der Waals surface area contributed by atoms with Crippen LogP contribution < -0.4 is 10.1 Å². The van der Waals surface area contributed by atoms with Gasteiger partial charge in [-0.25, -0.2) is 9.59 Å². The molecule has 0 radical (unpaired) electrons. The molecule has 1 heterocycles. The number of carbonyl (C=O) groups is 2. The summed E-state index contributed by atoms with van der Waals surface area (Å²) < 4.78 is 56.0. The van der Waals surface area contributed by atoms with Crippen molar-refractivity contribution < 1.29 is 37.0 Å². The molecule has 37 heavy (non-hydrogen) atoms.